The highest BCUT2D eigenvalue weighted by molar-refractivity contribution is 7.91. The van der Waals surface area contributed by atoms with Gasteiger partial charge >= 0.3 is 0 Å². The number of hydrogen-bond acceptors (Lipinski definition) is 4. The summed E-state index contributed by atoms with van der Waals surface area (Å²) in [6, 6.07) is 5.88. The van der Waals surface area contributed by atoms with Crippen LogP contribution in [0.5, 0.6) is 5.75 Å². The Labute approximate surface area is 83.1 Å². The zero-order valence-electron chi connectivity index (χ0n) is 7.97. The van der Waals surface area contributed by atoms with Crippen molar-refractivity contribution >= 4 is 9.84 Å². The molecule has 4 nitrogen and oxygen atoms in total. The molecule has 0 aromatic heterocycles. The molecule has 0 spiro atoms. The summed E-state index contributed by atoms with van der Waals surface area (Å²) in [6.45, 7) is 1.22. The van der Waals surface area contributed by atoms with Crippen molar-refractivity contribution < 1.29 is 18.3 Å². The van der Waals surface area contributed by atoms with Crippen molar-refractivity contribution in [3.63, 3.8) is 0 Å². The van der Waals surface area contributed by atoms with Crippen molar-refractivity contribution in [2.75, 3.05) is 7.11 Å². The van der Waals surface area contributed by atoms with Crippen LogP contribution in [0.2, 0.25) is 0 Å². The first-order valence-electron chi connectivity index (χ1n) is 4.04. The lowest BCUT2D eigenvalue weighted by Crippen LogP contribution is -2.16. The lowest BCUT2D eigenvalue weighted by molar-refractivity contribution is 0.268. The largest absolute Gasteiger partial charge is 0.497 e. The number of hydrogen-bond donors (Lipinski definition) is 1. The zero-order valence-corrected chi connectivity index (χ0v) is 8.78. The van der Waals surface area contributed by atoms with E-state index in [0.29, 0.717) is 5.75 Å². The minimum atomic E-state index is -3.60. The summed E-state index contributed by atoms with van der Waals surface area (Å²) in [7, 11) is -2.10. The third-order valence-electron chi connectivity index (χ3n) is 1.84. The molecular weight excluding hydrogens is 204 g/mol. The van der Waals surface area contributed by atoms with Gasteiger partial charge in [0.1, 0.15) is 5.75 Å². The van der Waals surface area contributed by atoms with Gasteiger partial charge in [-0.2, -0.15) is 0 Å². The molecule has 0 heterocycles. The van der Waals surface area contributed by atoms with Crippen LogP contribution < -0.4 is 4.74 Å². The summed E-state index contributed by atoms with van der Waals surface area (Å²) in [5, 5.41) is 9.04. The van der Waals surface area contributed by atoms with Gasteiger partial charge in [-0.25, -0.2) is 8.42 Å². The Morgan fingerprint density at radius 2 is 1.79 bits per heavy atom. The average Bonchev–Trinajstić information content (AvgIpc) is 2.17. The van der Waals surface area contributed by atoms with Gasteiger partial charge in [0.2, 0.25) is 9.84 Å². The highest BCUT2D eigenvalue weighted by atomic mass is 32.2. The molecule has 78 valence electrons. The minimum Gasteiger partial charge on any atom is -0.497 e. The maximum absolute atomic E-state index is 11.4. The van der Waals surface area contributed by atoms with Crippen LogP contribution in [-0.4, -0.2) is 26.1 Å². The normalized spacial score (nSPS) is 13.6. The van der Waals surface area contributed by atoms with Gasteiger partial charge in [0.25, 0.3) is 0 Å². The van der Waals surface area contributed by atoms with Gasteiger partial charge in [-0.1, -0.05) is 0 Å². The second kappa shape index (κ2) is 3.98. The molecule has 1 rings (SSSR count). The number of aliphatic hydroxyl groups excluding tert-OH is 1. The lowest BCUT2D eigenvalue weighted by atomic mass is 10.3. The van der Waals surface area contributed by atoms with Gasteiger partial charge in [-0.15, -0.1) is 0 Å². The maximum atomic E-state index is 11.4. The van der Waals surface area contributed by atoms with Crippen LogP contribution >= 0.6 is 0 Å². The van der Waals surface area contributed by atoms with E-state index < -0.39 is 15.3 Å². The van der Waals surface area contributed by atoms with E-state index in [2.05, 4.69) is 0 Å². The molecule has 0 amide bonds. The molecule has 1 aromatic rings. The van der Waals surface area contributed by atoms with Crippen LogP contribution in [0.25, 0.3) is 0 Å². The molecule has 0 aliphatic carbocycles. The Kier molecular flexibility index (Phi) is 3.13. The molecule has 0 aliphatic rings. The van der Waals surface area contributed by atoms with Crippen LogP contribution in [-0.2, 0) is 9.84 Å². The van der Waals surface area contributed by atoms with E-state index >= 15 is 0 Å². The van der Waals surface area contributed by atoms with Gasteiger partial charge in [-0.3, -0.25) is 0 Å². The third-order valence-corrected chi connectivity index (χ3v) is 3.66. The van der Waals surface area contributed by atoms with E-state index in [1.54, 1.807) is 0 Å². The van der Waals surface area contributed by atoms with E-state index in [1.165, 1.54) is 38.3 Å². The fraction of sp³-hybridized carbons (Fsp3) is 0.333. The predicted octanol–water partition coefficient (Wildman–Crippen LogP) is 0.807. The molecule has 0 saturated heterocycles. The molecule has 0 radical (unpaired) electrons. The smallest absolute Gasteiger partial charge is 0.204 e. The summed E-state index contributed by atoms with van der Waals surface area (Å²) in [6.07, 6.45) is 0. The molecule has 0 aliphatic heterocycles. The van der Waals surface area contributed by atoms with Crippen molar-refractivity contribution in [1.29, 1.82) is 0 Å². The van der Waals surface area contributed by atoms with Crippen LogP contribution in [0.4, 0.5) is 0 Å². The van der Waals surface area contributed by atoms with Crippen molar-refractivity contribution in [2.24, 2.45) is 0 Å². The van der Waals surface area contributed by atoms with Gasteiger partial charge in [-0.05, 0) is 31.2 Å². The van der Waals surface area contributed by atoms with E-state index in [0.717, 1.165) is 0 Å². The number of aliphatic hydroxyl groups is 1. The molecule has 1 atom stereocenters. The molecule has 1 N–H and O–H groups in total. The first-order chi connectivity index (χ1) is 6.48. The van der Waals surface area contributed by atoms with Crippen LogP contribution in [0.3, 0.4) is 0 Å². The first-order valence-corrected chi connectivity index (χ1v) is 5.59. The fourth-order valence-corrected chi connectivity index (χ4v) is 1.87. The number of methoxy groups -OCH3 is 1. The molecular formula is C9H12O4S. The van der Waals surface area contributed by atoms with Crippen LogP contribution in [0.1, 0.15) is 6.92 Å². The van der Waals surface area contributed by atoms with E-state index in [9.17, 15) is 8.42 Å². The second-order valence-electron chi connectivity index (χ2n) is 2.82. The second-order valence-corrected chi connectivity index (χ2v) is 5.06. The SMILES string of the molecule is COc1ccc(S(=O)(=O)C(C)O)cc1. The summed E-state index contributed by atoms with van der Waals surface area (Å²) in [5.74, 6) is 0.578. The van der Waals surface area contributed by atoms with Gasteiger partial charge in [0.05, 0.1) is 12.0 Å². The molecule has 5 heteroatoms. The number of benzene rings is 1. The van der Waals surface area contributed by atoms with E-state index in [4.69, 9.17) is 9.84 Å². The molecule has 0 fully saturated rings. The zero-order chi connectivity index (χ0) is 10.8. The fourth-order valence-electron chi connectivity index (χ4n) is 0.962. The average molecular weight is 216 g/mol. The van der Waals surface area contributed by atoms with Crippen molar-refractivity contribution in [1.82, 2.24) is 0 Å². The summed E-state index contributed by atoms with van der Waals surface area (Å²) in [5.41, 5.74) is -1.39. The van der Waals surface area contributed by atoms with Crippen LogP contribution in [0.15, 0.2) is 29.2 Å². The number of rotatable bonds is 3. The highest BCUT2D eigenvalue weighted by Gasteiger charge is 2.20. The van der Waals surface area contributed by atoms with Gasteiger partial charge in [0.15, 0.2) is 5.44 Å². The predicted molar refractivity (Wildman–Crippen MR) is 51.9 cm³/mol. The molecule has 0 saturated carbocycles. The van der Waals surface area contributed by atoms with Crippen molar-refractivity contribution in [3.8, 4) is 5.75 Å². The van der Waals surface area contributed by atoms with Crippen molar-refractivity contribution in [3.05, 3.63) is 24.3 Å². The molecule has 1 aromatic carbocycles. The lowest BCUT2D eigenvalue weighted by Gasteiger charge is -2.07. The van der Waals surface area contributed by atoms with Crippen molar-refractivity contribution in [2.45, 2.75) is 17.3 Å². The Balaban J connectivity index is 3.10. The Morgan fingerprint density at radius 1 is 1.29 bits per heavy atom. The summed E-state index contributed by atoms with van der Waals surface area (Å²) >= 11 is 0. The summed E-state index contributed by atoms with van der Waals surface area (Å²) in [4.78, 5) is 0.0910. The number of sulfone groups is 1. The Bertz CT molecular complexity index is 391. The molecule has 0 bridgehead atoms. The van der Waals surface area contributed by atoms with E-state index in [1.807, 2.05) is 0 Å². The Hall–Kier alpha value is -1.07. The van der Waals surface area contributed by atoms with Gasteiger partial charge in [0, 0.05) is 0 Å². The monoisotopic (exact) mass is 216 g/mol. The quantitative estimate of drug-likeness (QED) is 0.812. The van der Waals surface area contributed by atoms with E-state index in [-0.39, 0.29) is 4.90 Å². The first kappa shape index (κ1) is 11.0. The minimum absolute atomic E-state index is 0.0910. The molecule has 14 heavy (non-hydrogen) atoms. The topological polar surface area (TPSA) is 63.6 Å². The standard InChI is InChI=1S/C9H12O4S/c1-7(10)14(11,12)9-5-3-8(13-2)4-6-9/h3-7,10H,1-2H3. The maximum Gasteiger partial charge on any atom is 0.204 e. The Morgan fingerprint density at radius 3 is 2.14 bits per heavy atom. The van der Waals surface area contributed by atoms with Gasteiger partial charge < -0.3 is 9.84 Å². The third kappa shape index (κ3) is 2.05. The highest BCUT2D eigenvalue weighted by Crippen LogP contribution is 2.18. The number of ether oxygens (including phenoxy) is 1. The molecule has 1 unspecified atom stereocenters. The summed E-state index contributed by atoms with van der Waals surface area (Å²) < 4.78 is 27.8. The van der Waals surface area contributed by atoms with Crippen LogP contribution in [0, 0.1) is 0 Å².